The maximum absolute atomic E-state index is 14.2. The van der Waals surface area contributed by atoms with Crippen LogP contribution >= 0.6 is 0 Å². The van der Waals surface area contributed by atoms with Gasteiger partial charge in [-0.25, -0.2) is 0 Å². The van der Waals surface area contributed by atoms with Gasteiger partial charge in [0.2, 0.25) is 11.8 Å². The molecule has 5 atom stereocenters. The SMILES string of the molecule is CN1C(=O)[C@]23CC4C(C)(C)[C@@]5(C[C@@]41CN2CC[C@@]3(C)O)C(=O)Nc1c5ccc2c1OC=CC(C)(C)O2. The van der Waals surface area contributed by atoms with Crippen LogP contribution < -0.4 is 14.8 Å². The molecule has 3 spiro atoms. The number of likely N-dealkylation sites (N-methyl/N-ethyl adjacent to an activating group) is 1. The first kappa shape index (κ1) is 22.6. The lowest BCUT2D eigenvalue weighted by Gasteiger charge is -2.65. The number of carbonyl (C=O) groups excluding carboxylic acids is 2. The standard InChI is InChI=1S/C28H35N3O5/c1-23(2)10-12-35-20-17(36-23)8-7-16-19(20)29-21(32)27(16)14-26-15-31-11-9-25(5,34)28(31,22(33)30(26)6)13-18(26)24(27,3)4/h7-8,10,12,18,34H,9,11,13-15H2,1-6H3,(H,29,32)/t18?,25-,26-,27-,28+/m1/s1. The van der Waals surface area contributed by atoms with E-state index in [2.05, 4.69) is 24.1 Å². The summed E-state index contributed by atoms with van der Waals surface area (Å²) in [7, 11) is 1.88. The van der Waals surface area contributed by atoms with E-state index >= 15 is 0 Å². The molecule has 6 aliphatic heterocycles. The molecule has 1 aliphatic carbocycles. The number of nitrogens with zero attached hydrogens (tertiary/aromatic N) is 2. The zero-order valence-electron chi connectivity index (χ0n) is 21.9. The molecule has 192 valence electrons. The summed E-state index contributed by atoms with van der Waals surface area (Å²) in [5.41, 5.74) is -2.82. The molecule has 6 heterocycles. The Morgan fingerprint density at radius 1 is 1.14 bits per heavy atom. The second kappa shape index (κ2) is 6.10. The van der Waals surface area contributed by atoms with Crippen molar-refractivity contribution in [1.82, 2.24) is 9.80 Å². The third-order valence-electron chi connectivity index (χ3n) is 11.0. The molecular formula is C28H35N3O5. The van der Waals surface area contributed by atoms with Gasteiger partial charge in [-0.2, -0.15) is 0 Å². The van der Waals surface area contributed by atoms with Crippen molar-refractivity contribution in [1.29, 1.82) is 0 Å². The minimum atomic E-state index is -1.10. The lowest BCUT2D eigenvalue weighted by Crippen LogP contribution is -2.82. The summed E-state index contributed by atoms with van der Waals surface area (Å²) in [6.07, 6.45) is 5.16. The van der Waals surface area contributed by atoms with E-state index in [1.54, 1.807) is 6.26 Å². The van der Waals surface area contributed by atoms with Gasteiger partial charge in [0.15, 0.2) is 11.5 Å². The van der Waals surface area contributed by atoms with E-state index in [0.717, 1.165) is 5.56 Å². The highest BCUT2D eigenvalue weighted by Gasteiger charge is 2.82. The highest BCUT2D eigenvalue weighted by atomic mass is 16.5. The first-order valence-corrected chi connectivity index (χ1v) is 13.0. The first-order valence-electron chi connectivity index (χ1n) is 13.0. The van der Waals surface area contributed by atoms with Crippen molar-refractivity contribution >= 4 is 17.5 Å². The third kappa shape index (κ3) is 2.15. The van der Waals surface area contributed by atoms with E-state index in [4.69, 9.17) is 9.47 Å². The summed E-state index contributed by atoms with van der Waals surface area (Å²) in [4.78, 5) is 32.2. The Morgan fingerprint density at radius 2 is 1.89 bits per heavy atom. The van der Waals surface area contributed by atoms with Gasteiger partial charge in [-0.15, -0.1) is 0 Å². The lowest BCUT2D eigenvalue weighted by molar-refractivity contribution is -0.206. The van der Waals surface area contributed by atoms with Crippen LogP contribution in [0.1, 0.15) is 59.4 Å². The minimum Gasteiger partial charge on any atom is -0.480 e. The van der Waals surface area contributed by atoms with E-state index in [1.807, 2.05) is 50.9 Å². The van der Waals surface area contributed by atoms with E-state index < -0.39 is 33.1 Å². The van der Waals surface area contributed by atoms with Crippen LogP contribution in [0.25, 0.3) is 0 Å². The number of piperazine rings is 1. The molecule has 2 amide bonds. The molecule has 1 saturated carbocycles. The third-order valence-corrected chi connectivity index (χ3v) is 11.0. The largest absolute Gasteiger partial charge is 0.480 e. The molecule has 1 aromatic carbocycles. The van der Waals surface area contributed by atoms with Gasteiger partial charge < -0.3 is 24.8 Å². The van der Waals surface area contributed by atoms with Crippen LogP contribution in [0.5, 0.6) is 11.5 Å². The average molecular weight is 494 g/mol. The molecule has 36 heavy (non-hydrogen) atoms. The fourth-order valence-electron chi connectivity index (χ4n) is 9.04. The van der Waals surface area contributed by atoms with E-state index in [1.165, 1.54) is 0 Å². The van der Waals surface area contributed by atoms with Crippen molar-refractivity contribution < 1.29 is 24.2 Å². The molecule has 0 aromatic heterocycles. The van der Waals surface area contributed by atoms with Crippen LogP contribution in [-0.4, -0.2) is 69.1 Å². The van der Waals surface area contributed by atoms with Gasteiger partial charge >= 0.3 is 0 Å². The van der Waals surface area contributed by atoms with Crippen molar-refractivity contribution in [3.8, 4) is 11.5 Å². The zero-order valence-corrected chi connectivity index (χ0v) is 21.9. The highest BCUT2D eigenvalue weighted by Crippen LogP contribution is 2.73. The van der Waals surface area contributed by atoms with Gasteiger partial charge in [0.25, 0.3) is 0 Å². The molecule has 2 bridgehead atoms. The van der Waals surface area contributed by atoms with Crippen LogP contribution in [0, 0.1) is 11.3 Å². The molecule has 7 aliphatic rings. The monoisotopic (exact) mass is 493 g/mol. The molecule has 5 fully saturated rings. The molecule has 8 nitrogen and oxygen atoms in total. The normalized spacial score (nSPS) is 42.9. The quantitative estimate of drug-likeness (QED) is 0.578. The number of carbonyl (C=O) groups is 2. The van der Waals surface area contributed by atoms with Gasteiger partial charge in [-0.3, -0.25) is 14.5 Å². The highest BCUT2D eigenvalue weighted by molar-refractivity contribution is 6.09. The fraction of sp³-hybridized carbons (Fsp3) is 0.643. The number of fused-ring (bicyclic) bond motifs is 5. The van der Waals surface area contributed by atoms with Crippen LogP contribution in [0.2, 0.25) is 0 Å². The predicted octanol–water partition coefficient (Wildman–Crippen LogP) is 2.80. The molecule has 1 unspecified atom stereocenters. The molecule has 8 rings (SSSR count). The molecule has 1 aromatic rings. The van der Waals surface area contributed by atoms with Crippen LogP contribution in [0.4, 0.5) is 5.69 Å². The van der Waals surface area contributed by atoms with E-state index in [0.29, 0.717) is 49.5 Å². The Kier molecular flexibility index (Phi) is 3.83. The maximum Gasteiger partial charge on any atom is 0.246 e. The second-order valence-electron chi connectivity index (χ2n) is 13.2. The molecule has 8 heteroatoms. The number of amides is 2. The van der Waals surface area contributed by atoms with Gasteiger partial charge in [0.05, 0.1) is 28.5 Å². The number of ether oxygens (including phenoxy) is 2. The average Bonchev–Trinajstić information content (AvgIpc) is 3.25. The number of anilines is 1. The van der Waals surface area contributed by atoms with E-state index in [-0.39, 0.29) is 17.7 Å². The zero-order chi connectivity index (χ0) is 25.7. The number of nitrogens with one attached hydrogen (secondary N) is 1. The number of benzene rings is 1. The Bertz CT molecular complexity index is 1280. The van der Waals surface area contributed by atoms with Crippen molar-refractivity contribution in [3.05, 3.63) is 30.0 Å². The Balaban J connectivity index is 1.42. The maximum atomic E-state index is 14.2. The number of piperidine rings is 2. The summed E-state index contributed by atoms with van der Waals surface area (Å²) < 4.78 is 12.2. The van der Waals surface area contributed by atoms with Crippen molar-refractivity contribution in [3.63, 3.8) is 0 Å². The van der Waals surface area contributed by atoms with E-state index in [9.17, 15) is 14.7 Å². The summed E-state index contributed by atoms with van der Waals surface area (Å²) in [6, 6.07) is 3.92. The Hall–Kier alpha value is -2.58. The fourth-order valence-corrected chi connectivity index (χ4v) is 9.04. The summed E-state index contributed by atoms with van der Waals surface area (Å²) >= 11 is 0. The summed E-state index contributed by atoms with van der Waals surface area (Å²) in [6.45, 7) is 11.5. The first-order chi connectivity index (χ1) is 16.7. The van der Waals surface area contributed by atoms with Crippen LogP contribution in [0.15, 0.2) is 24.5 Å². The molecule has 0 radical (unpaired) electrons. The van der Waals surface area contributed by atoms with Gasteiger partial charge in [0, 0.05) is 20.1 Å². The van der Waals surface area contributed by atoms with Crippen molar-refractivity contribution in [2.24, 2.45) is 11.3 Å². The number of hydrogen-bond donors (Lipinski definition) is 2. The minimum absolute atomic E-state index is 0.00925. The second-order valence-corrected chi connectivity index (χ2v) is 13.2. The van der Waals surface area contributed by atoms with Gasteiger partial charge in [-0.1, -0.05) is 19.9 Å². The molecule has 4 saturated heterocycles. The number of aliphatic hydroxyl groups is 1. The number of rotatable bonds is 0. The van der Waals surface area contributed by atoms with Crippen LogP contribution in [0.3, 0.4) is 0 Å². The van der Waals surface area contributed by atoms with Crippen molar-refractivity contribution in [2.45, 2.75) is 81.6 Å². The Labute approximate surface area is 211 Å². The smallest absolute Gasteiger partial charge is 0.246 e. The summed E-state index contributed by atoms with van der Waals surface area (Å²) in [5.74, 6) is 1.10. The topological polar surface area (TPSA) is 91.3 Å². The Morgan fingerprint density at radius 3 is 2.64 bits per heavy atom. The predicted molar refractivity (Wildman–Crippen MR) is 133 cm³/mol. The molecular weight excluding hydrogens is 458 g/mol. The van der Waals surface area contributed by atoms with Crippen LogP contribution in [-0.2, 0) is 15.0 Å². The summed E-state index contributed by atoms with van der Waals surface area (Å²) in [5, 5.41) is 14.7. The van der Waals surface area contributed by atoms with Gasteiger partial charge in [-0.05, 0) is 69.1 Å². The van der Waals surface area contributed by atoms with Crippen molar-refractivity contribution in [2.75, 3.05) is 25.5 Å². The lowest BCUT2D eigenvalue weighted by atomic mass is 9.55. The number of hydrogen-bond acceptors (Lipinski definition) is 6. The molecule has 2 N–H and O–H groups in total. The van der Waals surface area contributed by atoms with Gasteiger partial charge in [0.1, 0.15) is 11.1 Å².